The number of carbonyl (C=O) groups is 2. The number of fused-ring (bicyclic) bond motifs is 1. The van der Waals surface area contributed by atoms with Gasteiger partial charge in [0.15, 0.2) is 11.5 Å². The van der Waals surface area contributed by atoms with Crippen LogP contribution < -0.4 is 20.1 Å². The van der Waals surface area contributed by atoms with Crippen molar-refractivity contribution in [1.82, 2.24) is 5.32 Å². The average Bonchev–Trinajstić information content (AvgIpc) is 3.08. The van der Waals surface area contributed by atoms with Gasteiger partial charge in [0.05, 0.1) is 6.26 Å². The highest BCUT2D eigenvalue weighted by molar-refractivity contribution is 6.39. The minimum Gasteiger partial charge on any atom is -0.486 e. The zero-order valence-corrected chi connectivity index (χ0v) is 12.3. The van der Waals surface area contributed by atoms with Crippen molar-refractivity contribution in [2.75, 3.05) is 25.1 Å². The molecule has 1 aliphatic heterocycles. The van der Waals surface area contributed by atoms with Crippen molar-refractivity contribution >= 4 is 17.5 Å². The topological polar surface area (TPSA) is 89.8 Å². The molecular weight excluding hydrogens is 300 g/mol. The van der Waals surface area contributed by atoms with Crippen LogP contribution in [0.2, 0.25) is 0 Å². The molecule has 0 fully saturated rings. The van der Waals surface area contributed by atoms with Gasteiger partial charge in [-0.25, -0.2) is 0 Å². The van der Waals surface area contributed by atoms with Gasteiger partial charge >= 0.3 is 11.8 Å². The molecule has 7 nitrogen and oxygen atoms in total. The lowest BCUT2D eigenvalue weighted by Gasteiger charge is -2.18. The molecule has 2 amide bonds. The molecular formula is C16H16N2O5. The number of rotatable bonds is 4. The second kappa shape index (κ2) is 6.87. The van der Waals surface area contributed by atoms with Crippen LogP contribution in [-0.2, 0) is 16.0 Å². The maximum absolute atomic E-state index is 11.9. The van der Waals surface area contributed by atoms with Gasteiger partial charge < -0.3 is 24.5 Å². The van der Waals surface area contributed by atoms with E-state index in [1.165, 1.54) is 0 Å². The van der Waals surface area contributed by atoms with Gasteiger partial charge in [-0.15, -0.1) is 0 Å². The first-order chi connectivity index (χ1) is 11.2. The third-order valence-corrected chi connectivity index (χ3v) is 3.24. The molecule has 1 aromatic heterocycles. The Morgan fingerprint density at radius 3 is 2.65 bits per heavy atom. The molecule has 0 radical (unpaired) electrons. The van der Waals surface area contributed by atoms with Crippen molar-refractivity contribution in [3.05, 3.63) is 42.4 Å². The van der Waals surface area contributed by atoms with Crippen molar-refractivity contribution in [2.45, 2.75) is 6.42 Å². The number of furan rings is 1. The highest BCUT2D eigenvalue weighted by Gasteiger charge is 2.16. The second-order valence-corrected chi connectivity index (χ2v) is 4.90. The molecule has 0 aliphatic carbocycles. The number of anilines is 1. The summed E-state index contributed by atoms with van der Waals surface area (Å²) in [4.78, 5) is 23.6. The van der Waals surface area contributed by atoms with Gasteiger partial charge in [0.2, 0.25) is 0 Å². The maximum Gasteiger partial charge on any atom is 0.313 e. The Kier molecular flexibility index (Phi) is 4.46. The Labute approximate surface area is 132 Å². The van der Waals surface area contributed by atoms with Crippen molar-refractivity contribution in [2.24, 2.45) is 0 Å². The molecule has 1 aromatic carbocycles. The van der Waals surface area contributed by atoms with Crippen molar-refractivity contribution < 1.29 is 23.5 Å². The fourth-order valence-corrected chi connectivity index (χ4v) is 2.14. The van der Waals surface area contributed by atoms with Crippen LogP contribution in [0.15, 0.2) is 41.0 Å². The molecule has 0 saturated carbocycles. The predicted octanol–water partition coefficient (Wildman–Crippen LogP) is 1.35. The van der Waals surface area contributed by atoms with Crippen LogP contribution in [0.3, 0.4) is 0 Å². The summed E-state index contributed by atoms with van der Waals surface area (Å²) in [6.45, 7) is 1.27. The predicted molar refractivity (Wildman–Crippen MR) is 81.5 cm³/mol. The zero-order valence-electron chi connectivity index (χ0n) is 12.3. The monoisotopic (exact) mass is 316 g/mol. The van der Waals surface area contributed by atoms with Gasteiger partial charge in [-0.1, -0.05) is 0 Å². The first kappa shape index (κ1) is 15.0. The number of hydrogen-bond acceptors (Lipinski definition) is 5. The lowest BCUT2D eigenvalue weighted by molar-refractivity contribution is -0.136. The summed E-state index contributed by atoms with van der Waals surface area (Å²) in [5, 5.41) is 5.06. The molecule has 2 heterocycles. The van der Waals surface area contributed by atoms with E-state index in [1.54, 1.807) is 36.6 Å². The number of hydrogen-bond donors (Lipinski definition) is 2. The molecule has 0 spiro atoms. The van der Waals surface area contributed by atoms with Crippen LogP contribution in [0, 0.1) is 0 Å². The number of carbonyl (C=O) groups excluding carboxylic acids is 2. The first-order valence-corrected chi connectivity index (χ1v) is 7.23. The number of benzene rings is 1. The summed E-state index contributed by atoms with van der Waals surface area (Å²) < 4.78 is 16.0. The molecule has 7 heteroatoms. The van der Waals surface area contributed by atoms with Crippen LogP contribution in [-0.4, -0.2) is 31.6 Å². The van der Waals surface area contributed by atoms with E-state index < -0.39 is 11.8 Å². The lowest BCUT2D eigenvalue weighted by Crippen LogP contribution is -2.36. The van der Waals surface area contributed by atoms with Crippen LogP contribution in [0.25, 0.3) is 0 Å². The fourth-order valence-electron chi connectivity index (χ4n) is 2.14. The van der Waals surface area contributed by atoms with E-state index in [-0.39, 0.29) is 0 Å². The van der Waals surface area contributed by atoms with Crippen LogP contribution >= 0.6 is 0 Å². The smallest absolute Gasteiger partial charge is 0.313 e. The van der Waals surface area contributed by atoms with Gasteiger partial charge in [0.25, 0.3) is 0 Å². The number of nitrogens with one attached hydrogen (secondary N) is 2. The molecule has 1 aliphatic rings. The van der Waals surface area contributed by atoms with Crippen LogP contribution in [0.1, 0.15) is 5.76 Å². The van der Waals surface area contributed by atoms with Gasteiger partial charge in [-0.05, 0) is 24.3 Å². The minimum atomic E-state index is -0.735. The molecule has 0 bridgehead atoms. The highest BCUT2D eigenvalue weighted by Crippen LogP contribution is 2.32. The minimum absolute atomic E-state index is 0.320. The Morgan fingerprint density at radius 2 is 1.87 bits per heavy atom. The summed E-state index contributed by atoms with van der Waals surface area (Å²) in [7, 11) is 0. The Bertz CT molecular complexity index is 697. The average molecular weight is 316 g/mol. The summed E-state index contributed by atoms with van der Waals surface area (Å²) in [5.74, 6) is 0.481. The summed E-state index contributed by atoms with van der Waals surface area (Å²) >= 11 is 0. The molecule has 0 unspecified atom stereocenters. The lowest BCUT2D eigenvalue weighted by atomic mass is 10.2. The summed E-state index contributed by atoms with van der Waals surface area (Å²) in [6.07, 6.45) is 2.09. The van der Waals surface area contributed by atoms with Gasteiger partial charge in [0.1, 0.15) is 19.0 Å². The molecule has 120 valence electrons. The molecule has 0 saturated heterocycles. The molecule has 0 atom stereocenters. The Morgan fingerprint density at radius 1 is 1.04 bits per heavy atom. The molecule has 3 rings (SSSR count). The van der Waals surface area contributed by atoms with E-state index in [0.29, 0.717) is 43.4 Å². The number of ether oxygens (including phenoxy) is 2. The van der Waals surface area contributed by atoms with Crippen LogP contribution in [0.5, 0.6) is 11.5 Å². The Balaban J connectivity index is 1.50. The highest BCUT2D eigenvalue weighted by atomic mass is 16.6. The molecule has 2 aromatic rings. The Hall–Kier alpha value is -2.96. The zero-order chi connectivity index (χ0) is 16.1. The summed E-state index contributed by atoms with van der Waals surface area (Å²) in [5.41, 5.74) is 0.473. The summed E-state index contributed by atoms with van der Waals surface area (Å²) in [6, 6.07) is 8.55. The quantitative estimate of drug-likeness (QED) is 0.831. The number of amides is 2. The van der Waals surface area contributed by atoms with E-state index in [4.69, 9.17) is 13.9 Å². The third kappa shape index (κ3) is 3.82. The normalized spacial score (nSPS) is 12.5. The van der Waals surface area contributed by atoms with Gasteiger partial charge in [-0.3, -0.25) is 9.59 Å². The standard InChI is InChI=1S/C16H16N2O5/c19-15(17-6-5-12-2-1-7-21-12)16(20)18-11-3-4-13-14(10-11)23-9-8-22-13/h1-4,7,10H,5-6,8-9H2,(H,17,19)(H,18,20). The molecule has 23 heavy (non-hydrogen) atoms. The van der Waals surface area contributed by atoms with E-state index in [1.807, 2.05) is 0 Å². The third-order valence-electron chi connectivity index (χ3n) is 3.24. The second-order valence-electron chi connectivity index (χ2n) is 4.90. The molecule has 2 N–H and O–H groups in total. The van der Waals surface area contributed by atoms with E-state index in [2.05, 4.69) is 10.6 Å². The van der Waals surface area contributed by atoms with E-state index in [0.717, 1.165) is 5.76 Å². The van der Waals surface area contributed by atoms with Crippen molar-refractivity contribution in [3.8, 4) is 11.5 Å². The SMILES string of the molecule is O=C(NCCc1ccco1)C(=O)Nc1ccc2c(c1)OCCO2. The fraction of sp³-hybridized carbons (Fsp3) is 0.250. The van der Waals surface area contributed by atoms with Crippen molar-refractivity contribution in [3.63, 3.8) is 0 Å². The van der Waals surface area contributed by atoms with Crippen molar-refractivity contribution in [1.29, 1.82) is 0 Å². The van der Waals surface area contributed by atoms with Gasteiger partial charge in [0, 0.05) is 24.7 Å². The van der Waals surface area contributed by atoms with Crippen LogP contribution in [0.4, 0.5) is 5.69 Å². The van der Waals surface area contributed by atoms with E-state index in [9.17, 15) is 9.59 Å². The first-order valence-electron chi connectivity index (χ1n) is 7.23. The largest absolute Gasteiger partial charge is 0.486 e. The van der Waals surface area contributed by atoms with Gasteiger partial charge in [-0.2, -0.15) is 0 Å². The van der Waals surface area contributed by atoms with E-state index >= 15 is 0 Å². The maximum atomic E-state index is 11.9.